The average molecular weight is 384 g/mol. The van der Waals surface area contributed by atoms with Gasteiger partial charge in [0.1, 0.15) is 23.2 Å². The predicted octanol–water partition coefficient (Wildman–Crippen LogP) is 3.81. The summed E-state index contributed by atoms with van der Waals surface area (Å²) in [5, 5.41) is 10.7. The summed E-state index contributed by atoms with van der Waals surface area (Å²) in [5.41, 5.74) is 0.464. The molecule has 1 aromatic heterocycles. The zero-order valence-corrected chi connectivity index (χ0v) is 15.9. The van der Waals surface area contributed by atoms with E-state index in [1.54, 1.807) is 6.07 Å². The number of aromatic hydroxyl groups is 1. The van der Waals surface area contributed by atoms with Gasteiger partial charge in [-0.05, 0) is 44.2 Å². The molecule has 0 aliphatic carbocycles. The third kappa shape index (κ3) is 3.38. The summed E-state index contributed by atoms with van der Waals surface area (Å²) >= 11 is 0. The molecule has 0 saturated carbocycles. The van der Waals surface area contributed by atoms with Gasteiger partial charge in [-0.15, -0.1) is 0 Å². The first kappa shape index (κ1) is 18.6. The first-order valence-corrected chi connectivity index (χ1v) is 9.38. The van der Waals surface area contributed by atoms with Crippen molar-refractivity contribution in [2.45, 2.75) is 19.9 Å². The SMILES string of the molecule is CC(C)N1CCN(c2nc(-c3c(O)cccc3F)nc3ccc(F)cc23)CC1. The molecule has 0 atom stereocenters. The highest BCUT2D eigenvalue weighted by molar-refractivity contribution is 5.91. The summed E-state index contributed by atoms with van der Waals surface area (Å²) in [6.07, 6.45) is 0. The Kier molecular flexibility index (Phi) is 4.85. The van der Waals surface area contributed by atoms with Crippen molar-refractivity contribution in [2.75, 3.05) is 31.1 Å². The van der Waals surface area contributed by atoms with Crippen molar-refractivity contribution >= 4 is 16.7 Å². The third-order valence-electron chi connectivity index (χ3n) is 5.20. The topological polar surface area (TPSA) is 52.5 Å². The molecule has 0 unspecified atom stereocenters. The summed E-state index contributed by atoms with van der Waals surface area (Å²) in [6.45, 7) is 7.49. The first-order valence-electron chi connectivity index (χ1n) is 9.38. The van der Waals surface area contributed by atoms with Crippen molar-refractivity contribution in [2.24, 2.45) is 0 Å². The van der Waals surface area contributed by atoms with Crippen LogP contribution in [-0.2, 0) is 0 Å². The van der Waals surface area contributed by atoms with Gasteiger partial charge in [0.25, 0.3) is 0 Å². The van der Waals surface area contributed by atoms with Crippen LogP contribution in [0.25, 0.3) is 22.3 Å². The van der Waals surface area contributed by atoms with Gasteiger partial charge in [-0.2, -0.15) is 0 Å². The minimum absolute atomic E-state index is 0.0456. The summed E-state index contributed by atoms with van der Waals surface area (Å²) in [4.78, 5) is 13.4. The average Bonchev–Trinajstić information content (AvgIpc) is 2.67. The highest BCUT2D eigenvalue weighted by atomic mass is 19.1. The van der Waals surface area contributed by atoms with Gasteiger partial charge in [0.2, 0.25) is 0 Å². The largest absolute Gasteiger partial charge is 0.507 e. The van der Waals surface area contributed by atoms with E-state index in [0.29, 0.717) is 22.8 Å². The number of piperazine rings is 1. The predicted molar refractivity (Wildman–Crippen MR) is 105 cm³/mol. The molecular weight excluding hydrogens is 362 g/mol. The molecule has 146 valence electrons. The van der Waals surface area contributed by atoms with Crippen molar-refractivity contribution in [3.63, 3.8) is 0 Å². The number of phenols is 1. The van der Waals surface area contributed by atoms with Crippen molar-refractivity contribution in [1.29, 1.82) is 0 Å². The van der Waals surface area contributed by atoms with Crippen LogP contribution in [0.1, 0.15) is 13.8 Å². The van der Waals surface area contributed by atoms with Crippen molar-refractivity contribution < 1.29 is 13.9 Å². The number of fused-ring (bicyclic) bond motifs is 1. The number of rotatable bonds is 3. The van der Waals surface area contributed by atoms with Gasteiger partial charge in [-0.3, -0.25) is 4.90 Å². The molecule has 0 bridgehead atoms. The Balaban J connectivity index is 1.84. The summed E-state index contributed by atoms with van der Waals surface area (Å²) in [5.74, 6) is -0.546. The minimum atomic E-state index is -0.600. The highest BCUT2D eigenvalue weighted by Crippen LogP contribution is 2.34. The van der Waals surface area contributed by atoms with Gasteiger partial charge in [0.15, 0.2) is 5.82 Å². The van der Waals surface area contributed by atoms with E-state index >= 15 is 0 Å². The molecule has 5 nitrogen and oxygen atoms in total. The number of aromatic nitrogens is 2. The van der Waals surface area contributed by atoms with E-state index in [1.165, 1.54) is 30.3 Å². The van der Waals surface area contributed by atoms with Crippen LogP contribution in [0.3, 0.4) is 0 Å². The molecule has 0 spiro atoms. The maximum Gasteiger partial charge on any atom is 0.168 e. The molecule has 4 rings (SSSR count). The first-order chi connectivity index (χ1) is 13.4. The monoisotopic (exact) mass is 384 g/mol. The van der Waals surface area contributed by atoms with E-state index in [2.05, 4.69) is 33.6 Å². The van der Waals surface area contributed by atoms with Gasteiger partial charge in [0, 0.05) is 37.6 Å². The van der Waals surface area contributed by atoms with E-state index in [4.69, 9.17) is 0 Å². The molecule has 0 amide bonds. The summed E-state index contributed by atoms with van der Waals surface area (Å²) in [7, 11) is 0. The van der Waals surface area contributed by atoms with Crippen LogP contribution in [0, 0.1) is 11.6 Å². The maximum atomic E-state index is 14.4. The molecule has 1 saturated heterocycles. The molecule has 2 heterocycles. The Morgan fingerprint density at radius 1 is 1.00 bits per heavy atom. The van der Waals surface area contributed by atoms with Gasteiger partial charge in [-0.25, -0.2) is 18.7 Å². The minimum Gasteiger partial charge on any atom is -0.507 e. The van der Waals surface area contributed by atoms with Gasteiger partial charge >= 0.3 is 0 Å². The number of hydrogen-bond donors (Lipinski definition) is 1. The van der Waals surface area contributed by atoms with E-state index in [-0.39, 0.29) is 23.0 Å². The van der Waals surface area contributed by atoms with Crippen molar-refractivity contribution in [1.82, 2.24) is 14.9 Å². The standard InChI is InChI=1S/C21H22F2N4O/c1-13(2)26-8-10-27(11-9-26)21-15-12-14(22)6-7-17(15)24-20(25-21)19-16(23)4-3-5-18(19)28/h3-7,12-13,28H,8-11H2,1-2H3. The van der Waals surface area contributed by atoms with E-state index in [0.717, 1.165) is 26.2 Å². The van der Waals surface area contributed by atoms with Crippen LogP contribution < -0.4 is 4.90 Å². The third-order valence-corrected chi connectivity index (χ3v) is 5.20. The number of hydrogen-bond acceptors (Lipinski definition) is 5. The van der Waals surface area contributed by atoms with Gasteiger partial charge in [-0.1, -0.05) is 6.07 Å². The fourth-order valence-electron chi connectivity index (χ4n) is 3.62. The number of benzene rings is 2. The second-order valence-corrected chi connectivity index (χ2v) is 7.28. The molecule has 28 heavy (non-hydrogen) atoms. The zero-order valence-electron chi connectivity index (χ0n) is 15.9. The lowest BCUT2D eigenvalue weighted by atomic mass is 10.1. The normalized spacial score (nSPS) is 15.5. The van der Waals surface area contributed by atoms with Crippen LogP contribution in [0.5, 0.6) is 5.75 Å². The quantitative estimate of drug-likeness (QED) is 0.744. The summed E-state index contributed by atoms with van der Waals surface area (Å²) < 4.78 is 28.3. The molecule has 1 aliphatic rings. The Bertz CT molecular complexity index is 996. The fourth-order valence-corrected chi connectivity index (χ4v) is 3.62. The van der Waals surface area contributed by atoms with Gasteiger partial charge in [0.05, 0.1) is 11.1 Å². The molecule has 7 heteroatoms. The van der Waals surface area contributed by atoms with Crippen LogP contribution in [0.15, 0.2) is 36.4 Å². The van der Waals surface area contributed by atoms with Crippen LogP contribution in [-0.4, -0.2) is 52.2 Å². The number of nitrogens with zero attached hydrogens (tertiary/aromatic N) is 4. The Hall–Kier alpha value is -2.80. The molecule has 1 N–H and O–H groups in total. The van der Waals surface area contributed by atoms with Crippen molar-refractivity contribution in [3.8, 4) is 17.1 Å². The lowest BCUT2D eigenvalue weighted by Crippen LogP contribution is -2.49. The molecule has 1 aliphatic heterocycles. The van der Waals surface area contributed by atoms with Crippen LogP contribution in [0.4, 0.5) is 14.6 Å². The van der Waals surface area contributed by atoms with Crippen molar-refractivity contribution in [3.05, 3.63) is 48.0 Å². The molecule has 3 aromatic rings. The number of anilines is 1. The lowest BCUT2D eigenvalue weighted by molar-refractivity contribution is 0.209. The Morgan fingerprint density at radius 2 is 1.75 bits per heavy atom. The van der Waals surface area contributed by atoms with E-state index in [1.807, 2.05) is 0 Å². The fraction of sp³-hybridized carbons (Fsp3) is 0.333. The Morgan fingerprint density at radius 3 is 2.43 bits per heavy atom. The maximum absolute atomic E-state index is 14.4. The molecule has 0 radical (unpaired) electrons. The summed E-state index contributed by atoms with van der Waals surface area (Å²) in [6, 6.07) is 8.82. The van der Waals surface area contributed by atoms with Crippen LogP contribution >= 0.6 is 0 Å². The van der Waals surface area contributed by atoms with Crippen LogP contribution in [0.2, 0.25) is 0 Å². The second-order valence-electron chi connectivity index (χ2n) is 7.28. The van der Waals surface area contributed by atoms with E-state index < -0.39 is 5.82 Å². The molecule has 1 fully saturated rings. The number of phenolic OH excluding ortho intramolecular Hbond substituents is 1. The Labute approximate surface area is 162 Å². The zero-order chi connectivity index (χ0) is 19.8. The molecular formula is C21H22F2N4O. The van der Waals surface area contributed by atoms with Gasteiger partial charge < -0.3 is 10.0 Å². The highest BCUT2D eigenvalue weighted by Gasteiger charge is 2.24. The molecule has 2 aromatic carbocycles. The number of halogens is 2. The second kappa shape index (κ2) is 7.31. The lowest BCUT2D eigenvalue weighted by Gasteiger charge is -2.37. The smallest absolute Gasteiger partial charge is 0.168 e. The van der Waals surface area contributed by atoms with E-state index in [9.17, 15) is 13.9 Å².